The summed E-state index contributed by atoms with van der Waals surface area (Å²) >= 11 is 1.25. The van der Waals surface area contributed by atoms with Crippen molar-refractivity contribution in [2.45, 2.75) is 25.3 Å². The zero-order valence-electron chi connectivity index (χ0n) is 18.1. The minimum Gasteiger partial charge on any atom is -0.346 e. The predicted molar refractivity (Wildman–Crippen MR) is 127 cm³/mol. The van der Waals surface area contributed by atoms with Crippen LogP contribution in [0.5, 0.6) is 0 Å². The summed E-state index contributed by atoms with van der Waals surface area (Å²) in [7, 11) is 0. The van der Waals surface area contributed by atoms with Crippen LogP contribution in [0.2, 0.25) is 0 Å². The van der Waals surface area contributed by atoms with E-state index in [4.69, 9.17) is 0 Å². The zero-order chi connectivity index (χ0) is 22.8. The van der Waals surface area contributed by atoms with Crippen LogP contribution < -0.4 is 16.0 Å². The molecule has 33 heavy (non-hydrogen) atoms. The average Bonchev–Trinajstić information content (AvgIpc) is 3.24. The maximum atomic E-state index is 13.0. The van der Waals surface area contributed by atoms with Crippen molar-refractivity contribution in [3.63, 3.8) is 0 Å². The second-order valence-electron chi connectivity index (χ2n) is 8.72. The first-order chi connectivity index (χ1) is 16.0. The minimum absolute atomic E-state index is 0.126. The number of piperidine rings is 3. The van der Waals surface area contributed by atoms with E-state index in [1.807, 2.05) is 12.1 Å². The molecule has 3 aromatic rings. The molecule has 3 fully saturated rings. The van der Waals surface area contributed by atoms with Crippen molar-refractivity contribution >= 4 is 39.2 Å². The van der Waals surface area contributed by atoms with Crippen LogP contribution >= 0.6 is 11.5 Å². The Bertz CT molecular complexity index is 1160. The number of carbonyl (C=O) groups excluding carboxylic acids is 2. The SMILES string of the molecule is O=C(NCCc1ccc(F)cc1)Nc1ccc2c(C(=O)N[C@H]3CN4CCC3CC4)nsc2c1. The standard InChI is InChI=1S/C24H26FN5O2S/c25-17-3-1-15(2-4-17)7-10-26-24(32)27-18-5-6-19-21(13-18)33-29-22(19)23(31)28-20-14-30-11-8-16(20)9-12-30/h1-6,13,16,20H,7-12,14H2,(H,28,31)(H2,26,27,32)/t20-/m0/s1. The van der Waals surface area contributed by atoms with Crippen LogP contribution in [0.3, 0.4) is 0 Å². The number of urea groups is 1. The van der Waals surface area contributed by atoms with Gasteiger partial charge in [0.25, 0.3) is 5.91 Å². The van der Waals surface area contributed by atoms with E-state index in [0.717, 1.165) is 48.1 Å². The molecule has 0 radical (unpaired) electrons. The lowest BCUT2D eigenvalue weighted by molar-refractivity contribution is 0.0619. The largest absolute Gasteiger partial charge is 0.346 e. The van der Waals surface area contributed by atoms with E-state index in [0.29, 0.717) is 30.3 Å². The van der Waals surface area contributed by atoms with Crippen molar-refractivity contribution in [3.8, 4) is 0 Å². The number of carbonyl (C=O) groups is 2. The second-order valence-corrected chi connectivity index (χ2v) is 9.52. The molecule has 7 nitrogen and oxygen atoms in total. The van der Waals surface area contributed by atoms with Crippen molar-refractivity contribution in [2.24, 2.45) is 5.92 Å². The van der Waals surface area contributed by atoms with Crippen molar-refractivity contribution in [3.05, 3.63) is 59.5 Å². The minimum atomic E-state index is -0.318. The maximum absolute atomic E-state index is 13.0. The Balaban J connectivity index is 1.17. The van der Waals surface area contributed by atoms with Crippen molar-refractivity contribution in [1.29, 1.82) is 0 Å². The number of aromatic nitrogens is 1. The highest BCUT2D eigenvalue weighted by Crippen LogP contribution is 2.29. The molecule has 0 spiro atoms. The quantitative estimate of drug-likeness (QED) is 0.517. The highest BCUT2D eigenvalue weighted by atomic mass is 32.1. The van der Waals surface area contributed by atoms with Crippen LogP contribution in [0.15, 0.2) is 42.5 Å². The molecule has 9 heteroatoms. The van der Waals surface area contributed by atoms with Crippen LogP contribution in [0.25, 0.3) is 10.1 Å². The summed E-state index contributed by atoms with van der Waals surface area (Å²) in [4.78, 5) is 27.5. The van der Waals surface area contributed by atoms with E-state index in [1.165, 1.54) is 23.7 Å². The molecule has 3 N–H and O–H groups in total. The van der Waals surface area contributed by atoms with Gasteiger partial charge in [0.2, 0.25) is 0 Å². The molecule has 0 aliphatic carbocycles. The fraction of sp³-hybridized carbons (Fsp3) is 0.375. The molecular weight excluding hydrogens is 441 g/mol. The Hall–Kier alpha value is -3.04. The number of benzene rings is 2. The molecule has 6 rings (SSSR count). The molecule has 1 aromatic heterocycles. The van der Waals surface area contributed by atoms with Gasteiger partial charge in [-0.15, -0.1) is 0 Å². The average molecular weight is 468 g/mol. The van der Waals surface area contributed by atoms with Crippen LogP contribution in [0.4, 0.5) is 14.9 Å². The lowest BCUT2D eigenvalue weighted by Crippen LogP contribution is -2.57. The van der Waals surface area contributed by atoms with Crippen molar-refractivity contribution in [1.82, 2.24) is 19.9 Å². The number of halogens is 1. The third-order valence-corrected chi connectivity index (χ3v) is 7.34. The molecule has 3 aliphatic heterocycles. The Kier molecular flexibility index (Phi) is 6.24. The third-order valence-electron chi connectivity index (χ3n) is 6.53. The smallest absolute Gasteiger partial charge is 0.319 e. The van der Waals surface area contributed by atoms with E-state index < -0.39 is 0 Å². The van der Waals surface area contributed by atoms with Gasteiger partial charge in [0.05, 0.1) is 4.70 Å². The van der Waals surface area contributed by atoms with Crippen LogP contribution in [-0.2, 0) is 6.42 Å². The predicted octanol–water partition coefficient (Wildman–Crippen LogP) is 3.62. The normalized spacial score (nSPS) is 21.7. The number of amides is 3. The molecule has 172 valence electrons. The highest BCUT2D eigenvalue weighted by Gasteiger charge is 2.35. The summed E-state index contributed by atoms with van der Waals surface area (Å²) in [5.41, 5.74) is 2.03. The molecule has 3 amide bonds. The van der Waals surface area contributed by atoms with Gasteiger partial charge in [0, 0.05) is 30.2 Å². The van der Waals surface area contributed by atoms with Gasteiger partial charge < -0.3 is 20.9 Å². The molecule has 2 bridgehead atoms. The molecule has 0 unspecified atom stereocenters. The fourth-order valence-corrected chi connectivity index (χ4v) is 5.50. The lowest BCUT2D eigenvalue weighted by atomic mass is 9.84. The first-order valence-corrected chi connectivity index (χ1v) is 12.0. The first-order valence-electron chi connectivity index (χ1n) is 11.3. The molecule has 4 heterocycles. The summed E-state index contributed by atoms with van der Waals surface area (Å²) in [5, 5.41) is 9.60. The van der Waals surface area contributed by atoms with E-state index in [-0.39, 0.29) is 23.8 Å². The van der Waals surface area contributed by atoms with Gasteiger partial charge in [-0.05, 0) is 85.7 Å². The number of fused-ring (bicyclic) bond motifs is 4. The van der Waals surface area contributed by atoms with Gasteiger partial charge in [0.1, 0.15) is 11.5 Å². The monoisotopic (exact) mass is 467 g/mol. The van der Waals surface area contributed by atoms with Crippen LogP contribution in [0, 0.1) is 11.7 Å². The summed E-state index contributed by atoms with van der Waals surface area (Å²) in [6.07, 6.45) is 2.90. The summed E-state index contributed by atoms with van der Waals surface area (Å²) in [5.74, 6) is 0.156. The maximum Gasteiger partial charge on any atom is 0.319 e. The number of hydrogen-bond donors (Lipinski definition) is 3. The summed E-state index contributed by atoms with van der Waals surface area (Å²) in [6.45, 7) is 3.62. The van der Waals surface area contributed by atoms with Gasteiger partial charge in [-0.25, -0.2) is 9.18 Å². The summed E-state index contributed by atoms with van der Waals surface area (Å²) in [6, 6.07) is 11.5. The molecular formula is C24H26FN5O2S. The molecule has 2 aromatic carbocycles. The molecule has 3 saturated heterocycles. The first kappa shape index (κ1) is 21.8. The van der Waals surface area contributed by atoms with Crippen molar-refractivity contribution in [2.75, 3.05) is 31.5 Å². The second kappa shape index (κ2) is 9.44. The molecule has 3 aliphatic rings. The van der Waals surface area contributed by atoms with Gasteiger partial charge in [0.15, 0.2) is 0 Å². The van der Waals surface area contributed by atoms with Gasteiger partial charge >= 0.3 is 6.03 Å². The third kappa shape index (κ3) is 4.99. The number of nitrogens with one attached hydrogen (secondary N) is 3. The molecule has 1 atom stereocenters. The Morgan fingerprint density at radius 2 is 1.91 bits per heavy atom. The van der Waals surface area contributed by atoms with E-state index in [2.05, 4.69) is 25.2 Å². The zero-order valence-corrected chi connectivity index (χ0v) is 19.0. The topological polar surface area (TPSA) is 86.4 Å². The van der Waals surface area contributed by atoms with Gasteiger partial charge in [-0.3, -0.25) is 4.79 Å². The van der Waals surface area contributed by atoms with E-state index in [1.54, 1.807) is 18.2 Å². The van der Waals surface area contributed by atoms with Crippen LogP contribution in [0.1, 0.15) is 28.9 Å². The highest BCUT2D eigenvalue weighted by molar-refractivity contribution is 7.13. The number of anilines is 1. The van der Waals surface area contributed by atoms with Crippen molar-refractivity contribution < 1.29 is 14.0 Å². The summed E-state index contributed by atoms with van der Waals surface area (Å²) < 4.78 is 18.2. The number of rotatable bonds is 6. The Labute approximate surface area is 195 Å². The number of hydrogen-bond acceptors (Lipinski definition) is 5. The van der Waals surface area contributed by atoms with E-state index >= 15 is 0 Å². The lowest BCUT2D eigenvalue weighted by Gasteiger charge is -2.44. The Morgan fingerprint density at radius 3 is 2.64 bits per heavy atom. The van der Waals surface area contributed by atoms with E-state index in [9.17, 15) is 14.0 Å². The van der Waals surface area contributed by atoms with Gasteiger partial charge in [-0.1, -0.05) is 12.1 Å². The number of nitrogens with zero attached hydrogens (tertiary/aromatic N) is 2. The van der Waals surface area contributed by atoms with Gasteiger partial charge in [-0.2, -0.15) is 4.37 Å². The molecule has 0 saturated carbocycles. The van der Waals surface area contributed by atoms with Crippen LogP contribution in [-0.4, -0.2) is 53.4 Å². The Morgan fingerprint density at radius 1 is 1.12 bits per heavy atom. The fourth-order valence-electron chi connectivity index (χ4n) is 4.69.